The largest absolute Gasteiger partial charge is 0.384 e. The number of hydrogen-bond acceptors (Lipinski definition) is 3. The minimum Gasteiger partial charge on any atom is -0.384 e. The molecule has 3 rings (SSSR count). The molecule has 2 amide bonds. The van der Waals surface area contributed by atoms with Gasteiger partial charge in [-0.15, -0.1) is 12.4 Å². The van der Waals surface area contributed by atoms with Gasteiger partial charge in [-0.2, -0.15) is 0 Å². The highest BCUT2D eigenvalue weighted by Crippen LogP contribution is 2.43. The van der Waals surface area contributed by atoms with E-state index in [-0.39, 0.29) is 29.7 Å². The van der Waals surface area contributed by atoms with E-state index in [2.05, 4.69) is 10.6 Å². The van der Waals surface area contributed by atoms with Gasteiger partial charge < -0.3 is 20.3 Å². The lowest BCUT2D eigenvalue weighted by Crippen LogP contribution is -2.44. The Hall–Kier alpha value is -1.37. The van der Waals surface area contributed by atoms with Crippen molar-refractivity contribution in [2.75, 3.05) is 39.9 Å². The fraction of sp³-hybridized carbons (Fsp3) is 0.611. The van der Waals surface area contributed by atoms with Crippen LogP contribution in [0.15, 0.2) is 24.3 Å². The molecule has 140 valence electrons. The number of ether oxygens (including phenoxy) is 1. The monoisotopic (exact) mass is 371 g/mol. The highest BCUT2D eigenvalue weighted by molar-refractivity contribution is 5.85. The molecule has 2 saturated heterocycles. The number of piperidine rings is 1. The molecule has 7 heteroatoms. The Labute approximate surface area is 154 Å². The first kappa shape index (κ1) is 19.9. The molecule has 0 bridgehead atoms. The van der Waals surface area contributed by atoms with Crippen LogP contribution in [0.1, 0.15) is 18.4 Å². The Balaban J connectivity index is 0.00000225. The van der Waals surface area contributed by atoms with Crippen LogP contribution in [-0.2, 0) is 11.3 Å². The molecule has 2 aliphatic rings. The Kier molecular flexibility index (Phi) is 7.04. The molecule has 1 atom stereocenters. The quantitative estimate of drug-likeness (QED) is 0.854. The molecule has 2 heterocycles. The predicted octanol–water partition coefficient (Wildman–Crippen LogP) is 2.41. The van der Waals surface area contributed by atoms with Crippen LogP contribution >= 0.6 is 12.4 Å². The number of amides is 2. The first-order chi connectivity index (χ1) is 11.6. The molecule has 5 nitrogen and oxygen atoms in total. The summed E-state index contributed by atoms with van der Waals surface area (Å²) >= 11 is 0. The van der Waals surface area contributed by atoms with E-state index < -0.39 is 0 Å². The zero-order valence-electron chi connectivity index (χ0n) is 14.6. The summed E-state index contributed by atoms with van der Waals surface area (Å²) in [6.07, 6.45) is 2.17. The van der Waals surface area contributed by atoms with E-state index in [9.17, 15) is 9.18 Å². The fourth-order valence-corrected chi connectivity index (χ4v) is 4.00. The van der Waals surface area contributed by atoms with Crippen molar-refractivity contribution in [3.8, 4) is 0 Å². The number of carbonyl (C=O) groups is 1. The van der Waals surface area contributed by atoms with Gasteiger partial charge in [0.25, 0.3) is 0 Å². The van der Waals surface area contributed by atoms with E-state index in [1.807, 2.05) is 4.90 Å². The van der Waals surface area contributed by atoms with Crippen molar-refractivity contribution in [1.82, 2.24) is 15.5 Å². The first-order valence-electron chi connectivity index (χ1n) is 8.60. The average molecular weight is 372 g/mol. The summed E-state index contributed by atoms with van der Waals surface area (Å²) in [6.45, 7) is 4.65. The van der Waals surface area contributed by atoms with E-state index in [1.165, 1.54) is 12.1 Å². The lowest BCUT2D eigenvalue weighted by atomic mass is 9.71. The van der Waals surface area contributed by atoms with Crippen LogP contribution < -0.4 is 10.6 Å². The van der Waals surface area contributed by atoms with Gasteiger partial charge in [-0.1, -0.05) is 12.1 Å². The Morgan fingerprint density at radius 3 is 2.68 bits per heavy atom. The van der Waals surface area contributed by atoms with E-state index in [1.54, 1.807) is 19.2 Å². The van der Waals surface area contributed by atoms with Crippen LogP contribution in [0.25, 0.3) is 0 Å². The van der Waals surface area contributed by atoms with Crippen LogP contribution in [-0.4, -0.2) is 50.8 Å². The van der Waals surface area contributed by atoms with Crippen molar-refractivity contribution in [2.24, 2.45) is 11.3 Å². The number of likely N-dealkylation sites (tertiary alicyclic amines) is 1. The molecule has 2 aliphatic heterocycles. The highest BCUT2D eigenvalue weighted by atomic mass is 35.5. The zero-order valence-corrected chi connectivity index (χ0v) is 15.4. The van der Waals surface area contributed by atoms with Crippen molar-refractivity contribution < 1.29 is 13.9 Å². The number of benzene rings is 1. The number of urea groups is 1. The van der Waals surface area contributed by atoms with E-state index >= 15 is 0 Å². The molecule has 1 aromatic carbocycles. The predicted molar refractivity (Wildman–Crippen MR) is 97.4 cm³/mol. The molecule has 0 aromatic heterocycles. The number of carbonyl (C=O) groups excluding carboxylic acids is 1. The molecule has 2 N–H and O–H groups in total. The second-order valence-electron chi connectivity index (χ2n) is 6.93. The zero-order chi connectivity index (χ0) is 17.0. The summed E-state index contributed by atoms with van der Waals surface area (Å²) in [5.41, 5.74) is 1.07. The summed E-state index contributed by atoms with van der Waals surface area (Å²) in [5, 5.41) is 6.36. The van der Waals surface area contributed by atoms with Gasteiger partial charge in [-0.05, 0) is 49.0 Å². The summed E-state index contributed by atoms with van der Waals surface area (Å²) in [6, 6.07) is 6.17. The maximum Gasteiger partial charge on any atom is 0.317 e. The SMILES string of the molecule is COCC1CN(C(=O)NCc2ccc(F)cc2)CC12CCNCC2.Cl. The number of halogens is 2. The third kappa shape index (κ3) is 4.63. The minimum atomic E-state index is -0.264. The maximum atomic E-state index is 12.9. The number of hydrogen-bond donors (Lipinski definition) is 2. The van der Waals surface area contributed by atoms with Gasteiger partial charge in [0.2, 0.25) is 0 Å². The van der Waals surface area contributed by atoms with Crippen molar-refractivity contribution in [1.29, 1.82) is 0 Å². The summed E-state index contributed by atoms with van der Waals surface area (Å²) < 4.78 is 18.3. The lowest BCUT2D eigenvalue weighted by molar-refractivity contribution is 0.0717. The molecule has 25 heavy (non-hydrogen) atoms. The molecule has 0 aliphatic carbocycles. The van der Waals surface area contributed by atoms with Crippen LogP contribution in [0.5, 0.6) is 0 Å². The first-order valence-corrected chi connectivity index (χ1v) is 8.60. The van der Waals surface area contributed by atoms with E-state index in [0.717, 1.165) is 44.6 Å². The highest BCUT2D eigenvalue weighted by Gasteiger charge is 2.48. The summed E-state index contributed by atoms with van der Waals surface area (Å²) in [4.78, 5) is 14.5. The summed E-state index contributed by atoms with van der Waals surface area (Å²) in [5.74, 6) is 0.126. The minimum absolute atomic E-state index is 0. The number of rotatable bonds is 4. The standard InChI is InChI=1S/C18H26FN3O2.ClH/c1-24-12-15-11-22(13-18(15)6-8-20-9-7-18)17(23)21-10-14-2-4-16(19)5-3-14;/h2-5,15,20H,6-13H2,1H3,(H,21,23);1H. The lowest BCUT2D eigenvalue weighted by Gasteiger charge is -2.38. The van der Waals surface area contributed by atoms with Crippen LogP contribution in [0.4, 0.5) is 9.18 Å². The molecular formula is C18H27ClFN3O2. The van der Waals surface area contributed by atoms with Gasteiger partial charge in [0, 0.05) is 32.7 Å². The van der Waals surface area contributed by atoms with Crippen LogP contribution in [0.2, 0.25) is 0 Å². The van der Waals surface area contributed by atoms with Gasteiger partial charge in [0.15, 0.2) is 0 Å². The second-order valence-corrected chi connectivity index (χ2v) is 6.93. The van der Waals surface area contributed by atoms with Gasteiger partial charge >= 0.3 is 6.03 Å². The van der Waals surface area contributed by atoms with Crippen molar-refractivity contribution in [3.63, 3.8) is 0 Å². The molecule has 1 spiro atoms. The Morgan fingerprint density at radius 2 is 2.04 bits per heavy atom. The summed E-state index contributed by atoms with van der Waals surface area (Å²) in [7, 11) is 1.73. The van der Waals surface area contributed by atoms with Crippen molar-refractivity contribution >= 4 is 18.4 Å². The van der Waals surface area contributed by atoms with Gasteiger partial charge in [0.1, 0.15) is 5.82 Å². The third-order valence-electron chi connectivity index (χ3n) is 5.42. The topological polar surface area (TPSA) is 53.6 Å². The normalized spacial score (nSPS) is 21.8. The smallest absolute Gasteiger partial charge is 0.317 e. The van der Waals surface area contributed by atoms with Crippen LogP contribution in [0.3, 0.4) is 0 Å². The maximum absolute atomic E-state index is 12.9. The Bertz CT molecular complexity index is 564. The number of methoxy groups -OCH3 is 1. The molecule has 0 radical (unpaired) electrons. The molecule has 1 unspecified atom stereocenters. The van der Waals surface area contributed by atoms with Crippen molar-refractivity contribution in [3.05, 3.63) is 35.6 Å². The Morgan fingerprint density at radius 1 is 1.36 bits per heavy atom. The van der Waals surface area contributed by atoms with Crippen molar-refractivity contribution in [2.45, 2.75) is 19.4 Å². The van der Waals surface area contributed by atoms with E-state index in [4.69, 9.17) is 4.74 Å². The van der Waals surface area contributed by atoms with Gasteiger partial charge in [-0.25, -0.2) is 9.18 Å². The molecular weight excluding hydrogens is 345 g/mol. The van der Waals surface area contributed by atoms with Crippen LogP contribution in [0, 0.1) is 17.2 Å². The molecule has 2 fully saturated rings. The molecule has 1 aromatic rings. The third-order valence-corrected chi connectivity index (χ3v) is 5.42. The molecule has 0 saturated carbocycles. The van der Waals surface area contributed by atoms with Gasteiger partial charge in [0.05, 0.1) is 6.61 Å². The number of nitrogens with one attached hydrogen (secondary N) is 2. The fourth-order valence-electron chi connectivity index (χ4n) is 4.00. The van der Waals surface area contributed by atoms with Gasteiger partial charge in [-0.3, -0.25) is 0 Å². The average Bonchev–Trinajstić information content (AvgIpc) is 2.93. The second kappa shape index (κ2) is 8.83. The van der Waals surface area contributed by atoms with E-state index in [0.29, 0.717) is 19.1 Å². The number of nitrogens with zero attached hydrogens (tertiary/aromatic N) is 1.